The molecular weight excluding hydrogens is 374 g/mol. The van der Waals surface area contributed by atoms with Gasteiger partial charge in [0.1, 0.15) is 5.75 Å². The van der Waals surface area contributed by atoms with Crippen molar-refractivity contribution in [1.29, 1.82) is 0 Å². The number of hydrogen-bond acceptors (Lipinski definition) is 4. The van der Waals surface area contributed by atoms with Crippen LogP contribution in [0, 0.1) is 0 Å². The Morgan fingerprint density at radius 2 is 1.77 bits per heavy atom. The molecule has 3 rings (SSSR count). The Hall–Kier alpha value is -2.05. The number of ether oxygens (including phenoxy) is 1. The van der Waals surface area contributed by atoms with E-state index >= 15 is 0 Å². The van der Waals surface area contributed by atoms with E-state index in [0.29, 0.717) is 5.69 Å². The molecule has 0 heterocycles. The Balaban J connectivity index is 1.71. The molecule has 0 aromatic heterocycles. The molecule has 1 amide bonds. The molecule has 5 nitrogen and oxygen atoms in total. The molecule has 0 aliphatic heterocycles. The summed E-state index contributed by atoms with van der Waals surface area (Å²) in [5.41, 5.74) is 0.690. The van der Waals surface area contributed by atoms with Crippen molar-refractivity contribution >= 4 is 33.0 Å². The van der Waals surface area contributed by atoms with Gasteiger partial charge in [-0.3, -0.25) is 4.79 Å². The summed E-state index contributed by atoms with van der Waals surface area (Å²) in [6.07, 6.45) is 5.91. The first-order valence-corrected chi connectivity index (χ1v) is 10.7. The molecule has 0 saturated heterocycles. The topological polar surface area (TPSA) is 72.5 Å². The van der Waals surface area contributed by atoms with Gasteiger partial charge in [-0.1, -0.05) is 11.6 Å². The number of rotatable bonds is 5. The van der Waals surface area contributed by atoms with Crippen LogP contribution in [0.1, 0.15) is 36.0 Å². The number of halogens is 1. The number of amides is 1. The van der Waals surface area contributed by atoms with Gasteiger partial charge < -0.3 is 10.1 Å². The number of benzene rings is 2. The lowest BCUT2D eigenvalue weighted by atomic mass is 10.2. The molecule has 1 saturated carbocycles. The molecular formula is C19H20ClNO4S. The zero-order valence-electron chi connectivity index (χ0n) is 14.4. The molecule has 0 unspecified atom stereocenters. The summed E-state index contributed by atoms with van der Waals surface area (Å²) < 4.78 is 29.2. The van der Waals surface area contributed by atoms with Crippen molar-refractivity contribution in [3.63, 3.8) is 0 Å². The maximum Gasteiger partial charge on any atom is 0.257 e. The van der Waals surface area contributed by atoms with Crippen LogP contribution in [-0.4, -0.2) is 26.7 Å². The molecule has 0 atom stereocenters. The number of nitrogens with one attached hydrogen (secondary N) is 1. The number of carbonyl (C=O) groups is 1. The van der Waals surface area contributed by atoms with Crippen molar-refractivity contribution in [3.05, 3.63) is 53.1 Å². The maximum absolute atomic E-state index is 12.5. The lowest BCUT2D eigenvalue weighted by Crippen LogP contribution is -2.14. The summed E-state index contributed by atoms with van der Waals surface area (Å²) in [4.78, 5) is 12.5. The third-order valence-corrected chi connectivity index (χ3v) is 5.77. The van der Waals surface area contributed by atoms with Gasteiger partial charge in [0.25, 0.3) is 5.91 Å². The van der Waals surface area contributed by atoms with Crippen molar-refractivity contribution < 1.29 is 17.9 Å². The largest absolute Gasteiger partial charge is 0.490 e. The van der Waals surface area contributed by atoms with Crippen LogP contribution in [0.2, 0.25) is 5.02 Å². The summed E-state index contributed by atoms with van der Waals surface area (Å²) in [5.74, 6) is 0.303. The minimum Gasteiger partial charge on any atom is -0.490 e. The van der Waals surface area contributed by atoms with Crippen LogP contribution >= 0.6 is 11.6 Å². The molecule has 2 aromatic carbocycles. The number of sulfone groups is 1. The normalized spacial score (nSPS) is 15.0. The Morgan fingerprint density at radius 3 is 2.38 bits per heavy atom. The van der Waals surface area contributed by atoms with Crippen molar-refractivity contribution in [2.45, 2.75) is 36.7 Å². The minimum atomic E-state index is -3.42. The predicted molar refractivity (Wildman–Crippen MR) is 102 cm³/mol. The quantitative estimate of drug-likeness (QED) is 0.821. The van der Waals surface area contributed by atoms with E-state index in [1.165, 1.54) is 31.0 Å². The Morgan fingerprint density at radius 1 is 1.12 bits per heavy atom. The van der Waals surface area contributed by atoms with Gasteiger partial charge in [0.05, 0.1) is 21.6 Å². The van der Waals surface area contributed by atoms with Gasteiger partial charge >= 0.3 is 0 Å². The highest BCUT2D eigenvalue weighted by Gasteiger charge is 2.17. The van der Waals surface area contributed by atoms with E-state index in [0.717, 1.165) is 24.8 Å². The molecule has 1 fully saturated rings. The van der Waals surface area contributed by atoms with E-state index in [1.54, 1.807) is 12.1 Å². The van der Waals surface area contributed by atoms with Crippen molar-refractivity contribution in [1.82, 2.24) is 0 Å². The molecule has 138 valence electrons. The maximum atomic E-state index is 12.5. The lowest BCUT2D eigenvalue weighted by Gasteiger charge is -2.13. The van der Waals surface area contributed by atoms with Gasteiger partial charge in [0, 0.05) is 11.9 Å². The van der Waals surface area contributed by atoms with E-state index in [-0.39, 0.29) is 21.6 Å². The van der Waals surface area contributed by atoms with E-state index < -0.39 is 15.7 Å². The average Bonchev–Trinajstić information content (AvgIpc) is 3.09. The fraction of sp³-hybridized carbons (Fsp3) is 0.316. The predicted octanol–water partition coefficient (Wildman–Crippen LogP) is 4.32. The van der Waals surface area contributed by atoms with E-state index in [4.69, 9.17) is 16.3 Å². The first-order chi connectivity index (χ1) is 12.3. The fourth-order valence-corrected chi connectivity index (χ4v) is 3.77. The molecule has 1 aliphatic carbocycles. The van der Waals surface area contributed by atoms with Crippen molar-refractivity contribution in [2.75, 3.05) is 11.6 Å². The lowest BCUT2D eigenvalue weighted by molar-refractivity contribution is 0.102. The summed E-state index contributed by atoms with van der Waals surface area (Å²) in [7, 11) is -3.42. The molecule has 0 spiro atoms. The highest BCUT2D eigenvalue weighted by molar-refractivity contribution is 7.90. The fourth-order valence-electron chi connectivity index (χ4n) is 2.92. The Bertz CT molecular complexity index is 904. The van der Waals surface area contributed by atoms with Crippen LogP contribution in [0.15, 0.2) is 47.4 Å². The van der Waals surface area contributed by atoms with Gasteiger partial charge in [-0.15, -0.1) is 0 Å². The van der Waals surface area contributed by atoms with E-state index in [2.05, 4.69) is 5.32 Å². The number of carbonyl (C=O) groups excluding carboxylic acids is 1. The third-order valence-electron chi connectivity index (χ3n) is 4.33. The summed E-state index contributed by atoms with van der Waals surface area (Å²) in [6.45, 7) is 0. The van der Waals surface area contributed by atoms with Crippen LogP contribution in [-0.2, 0) is 9.84 Å². The van der Waals surface area contributed by atoms with Crippen LogP contribution in [0.4, 0.5) is 5.69 Å². The molecule has 1 N–H and O–H groups in total. The zero-order chi connectivity index (χ0) is 18.7. The summed E-state index contributed by atoms with van der Waals surface area (Å²) >= 11 is 6.05. The minimum absolute atomic E-state index is 0.0485. The second-order valence-corrected chi connectivity index (χ2v) is 8.84. The summed E-state index contributed by atoms with van der Waals surface area (Å²) in [5, 5.41) is 2.92. The standard InChI is InChI=1S/C19H20ClNO4S/c1-26(23,24)16-10-11-18(20)17(12-16)19(22)21-13-6-8-15(9-7-13)25-14-4-2-3-5-14/h6-12,14H,2-5H2,1H3,(H,21,22). The molecule has 7 heteroatoms. The Labute approximate surface area is 158 Å². The first kappa shape index (κ1) is 18.7. The zero-order valence-corrected chi connectivity index (χ0v) is 15.9. The van der Waals surface area contributed by atoms with Gasteiger partial charge in [0.15, 0.2) is 9.84 Å². The average molecular weight is 394 g/mol. The monoisotopic (exact) mass is 393 g/mol. The number of anilines is 1. The van der Waals surface area contributed by atoms with Gasteiger partial charge in [0.2, 0.25) is 0 Å². The molecule has 26 heavy (non-hydrogen) atoms. The van der Waals surface area contributed by atoms with Crippen LogP contribution < -0.4 is 10.1 Å². The molecule has 2 aromatic rings. The Kier molecular flexibility index (Phi) is 5.53. The molecule has 1 aliphatic rings. The smallest absolute Gasteiger partial charge is 0.257 e. The molecule has 0 radical (unpaired) electrons. The van der Waals surface area contributed by atoms with Gasteiger partial charge in [-0.05, 0) is 68.1 Å². The highest BCUT2D eigenvalue weighted by Crippen LogP contribution is 2.26. The SMILES string of the molecule is CS(=O)(=O)c1ccc(Cl)c(C(=O)Nc2ccc(OC3CCCC3)cc2)c1. The van der Waals surface area contributed by atoms with E-state index in [9.17, 15) is 13.2 Å². The van der Waals surface area contributed by atoms with Crippen LogP contribution in [0.3, 0.4) is 0 Å². The highest BCUT2D eigenvalue weighted by atomic mass is 35.5. The van der Waals surface area contributed by atoms with Crippen molar-refractivity contribution in [2.24, 2.45) is 0 Å². The second-order valence-electron chi connectivity index (χ2n) is 6.42. The first-order valence-electron chi connectivity index (χ1n) is 8.40. The van der Waals surface area contributed by atoms with Crippen molar-refractivity contribution in [3.8, 4) is 5.75 Å². The number of hydrogen-bond donors (Lipinski definition) is 1. The molecule has 0 bridgehead atoms. The summed E-state index contributed by atoms with van der Waals surface area (Å²) in [6, 6.07) is 11.2. The van der Waals surface area contributed by atoms with E-state index in [1.807, 2.05) is 12.1 Å². The second kappa shape index (κ2) is 7.68. The van der Waals surface area contributed by atoms with Gasteiger partial charge in [-0.25, -0.2) is 8.42 Å². The third kappa shape index (κ3) is 4.56. The van der Waals surface area contributed by atoms with Gasteiger partial charge in [-0.2, -0.15) is 0 Å². The van der Waals surface area contributed by atoms with Crippen LogP contribution in [0.5, 0.6) is 5.75 Å². The van der Waals surface area contributed by atoms with Crippen LogP contribution in [0.25, 0.3) is 0 Å².